The number of amidine groups is 4. The molecule has 4 aromatic rings. The van der Waals surface area contributed by atoms with Crippen molar-refractivity contribution >= 4 is 29.1 Å². The number of benzene rings is 4. The largest absolute Gasteiger partial charge is 0.631 e. The van der Waals surface area contributed by atoms with Gasteiger partial charge in [0.2, 0.25) is 0 Å². The molecule has 42 heavy (non-hydrogen) atoms. The van der Waals surface area contributed by atoms with Crippen molar-refractivity contribution in [3.05, 3.63) is 158 Å². The Bertz CT molecular complexity index is 1930. The first-order valence-electron chi connectivity index (χ1n) is 13.7. The van der Waals surface area contributed by atoms with E-state index in [-0.39, 0.29) is 17.1 Å². The molecule has 6 heterocycles. The summed E-state index contributed by atoms with van der Waals surface area (Å²) in [5.41, 5.74) is 8.74. The van der Waals surface area contributed by atoms with Gasteiger partial charge in [0.1, 0.15) is 0 Å². The van der Waals surface area contributed by atoms with Crippen molar-refractivity contribution in [2.75, 3.05) is 6.54 Å². The van der Waals surface area contributed by atoms with Crippen LogP contribution in [0.25, 0.3) is 16.0 Å². The summed E-state index contributed by atoms with van der Waals surface area (Å²) in [6.45, 7) is 0.403. The van der Waals surface area contributed by atoms with Crippen molar-refractivity contribution in [3.63, 3.8) is 0 Å². The van der Waals surface area contributed by atoms with Crippen LogP contribution in [0.1, 0.15) is 63.0 Å². The molecule has 0 saturated carbocycles. The maximum atomic E-state index is 5.15. The van der Waals surface area contributed by atoms with E-state index < -0.39 is 18.5 Å². The molecule has 0 saturated heterocycles. The van der Waals surface area contributed by atoms with Gasteiger partial charge in [0.15, 0.2) is 5.84 Å². The van der Waals surface area contributed by atoms with Crippen LogP contribution in [0.5, 0.6) is 0 Å². The van der Waals surface area contributed by atoms with Crippen LogP contribution in [-0.4, -0.2) is 35.6 Å². The van der Waals surface area contributed by atoms with E-state index >= 15 is 0 Å². The molecule has 3 atom stereocenters. The summed E-state index contributed by atoms with van der Waals surface area (Å²) < 4.78 is 0. The number of hydrogen-bond acceptors (Lipinski definition) is 5. The quantitative estimate of drug-likeness (QED) is 0.202. The van der Waals surface area contributed by atoms with Crippen LogP contribution < -0.4 is 0 Å². The Balaban J connectivity index is 0.00000267. The van der Waals surface area contributed by atoms with Crippen molar-refractivity contribution in [1.82, 2.24) is 0 Å². The first-order valence-corrected chi connectivity index (χ1v) is 13.7. The number of aliphatic imine (C=N–C) groups is 5. The van der Waals surface area contributed by atoms with E-state index in [1.54, 1.807) is 0 Å². The molecule has 9 heteroatoms. The third-order valence-electron chi connectivity index (χ3n) is 8.02. The minimum absolute atomic E-state index is 0. The predicted molar refractivity (Wildman–Crippen MR) is 162 cm³/mol. The van der Waals surface area contributed by atoms with E-state index in [0.717, 1.165) is 50.2 Å². The second-order valence-electron chi connectivity index (χ2n) is 10.4. The van der Waals surface area contributed by atoms with Crippen LogP contribution in [-0.2, 0) is 17.1 Å². The molecular weight excluding hydrogens is 572 g/mol. The number of hydrogen-bond donors (Lipinski definition) is 0. The molecule has 207 valence electrons. The predicted octanol–water partition coefficient (Wildman–Crippen LogP) is 6.75. The van der Waals surface area contributed by atoms with Crippen LogP contribution >= 0.6 is 0 Å². The van der Waals surface area contributed by atoms with E-state index in [1.807, 2.05) is 66.7 Å². The van der Waals surface area contributed by atoms with E-state index in [9.17, 15) is 0 Å². The molecular formula is C33H21CuN8-3. The van der Waals surface area contributed by atoms with Crippen molar-refractivity contribution < 1.29 is 17.1 Å². The Labute approximate surface area is 253 Å². The zero-order valence-corrected chi connectivity index (χ0v) is 23.0. The minimum atomic E-state index is -0.441. The molecule has 4 aromatic carbocycles. The molecule has 3 unspecified atom stereocenters. The fraction of sp³-hybridized carbons (Fsp3) is 0.121. The Morgan fingerprint density at radius 1 is 0.500 bits per heavy atom. The van der Waals surface area contributed by atoms with Crippen LogP contribution in [0.2, 0.25) is 0 Å². The van der Waals surface area contributed by atoms with Gasteiger partial charge in [0, 0.05) is 39.5 Å². The zero-order chi connectivity index (χ0) is 26.9. The average molecular weight is 593 g/mol. The van der Waals surface area contributed by atoms with Gasteiger partial charge in [0.05, 0.1) is 12.0 Å². The van der Waals surface area contributed by atoms with E-state index in [2.05, 4.69) is 30.3 Å². The van der Waals surface area contributed by atoms with E-state index in [0.29, 0.717) is 29.9 Å². The second kappa shape index (κ2) is 9.70. The average Bonchev–Trinajstić information content (AvgIpc) is 3.67. The summed E-state index contributed by atoms with van der Waals surface area (Å²) in [7, 11) is 0. The third-order valence-corrected chi connectivity index (χ3v) is 8.02. The third kappa shape index (κ3) is 3.82. The maximum absolute atomic E-state index is 5.15. The standard InChI is InChI=1S/C33H21N8.Cu/c1-2-10-19-18(9-1)26-17-34-27(19)36-29-22-13-5-6-14-23(22)31(38-29)40-33-25-16-8-7-15-24(25)32(41-33)39-30-21-12-4-3-11-20(21)28(35-26)37-30;/h1-16,28,32-33H,17H2;/q-3;/b35-26+;. The smallest absolute Gasteiger partial charge is 0.154 e. The number of rotatable bonds is 0. The Hall–Kier alpha value is -4.69. The van der Waals surface area contributed by atoms with Gasteiger partial charge in [-0.05, 0) is 35.0 Å². The second-order valence-corrected chi connectivity index (χ2v) is 10.4. The maximum Gasteiger partial charge on any atom is 0.154 e. The van der Waals surface area contributed by atoms with Crippen molar-refractivity contribution in [3.8, 4) is 0 Å². The zero-order valence-electron chi connectivity index (χ0n) is 22.1. The van der Waals surface area contributed by atoms with Crippen molar-refractivity contribution in [2.45, 2.75) is 18.5 Å². The van der Waals surface area contributed by atoms with Gasteiger partial charge in [-0.25, -0.2) is 4.99 Å². The molecule has 1 radical (unpaired) electrons. The first kappa shape index (κ1) is 25.1. The SMILES string of the molecule is [Cu].c1ccc2c(c1)C1=NC3=N/C(=N\C4[N-]C(/N=C5\[N-]C(/N=C/2C[N-]1)c1ccccc15)c1ccccc14)c1ccccc13. The van der Waals surface area contributed by atoms with Crippen LogP contribution in [0.4, 0.5) is 0 Å². The van der Waals surface area contributed by atoms with Gasteiger partial charge >= 0.3 is 0 Å². The number of nitrogens with zero attached hydrogens (tertiary/aromatic N) is 8. The molecule has 0 N–H and O–H groups in total. The monoisotopic (exact) mass is 592 g/mol. The van der Waals surface area contributed by atoms with E-state index in [1.165, 1.54) is 0 Å². The van der Waals surface area contributed by atoms with Crippen LogP contribution in [0, 0.1) is 0 Å². The Morgan fingerprint density at radius 3 is 1.86 bits per heavy atom. The molecule has 6 aliphatic heterocycles. The summed E-state index contributed by atoms with van der Waals surface area (Å²) in [5, 5.41) is 15.0. The van der Waals surface area contributed by atoms with Gasteiger partial charge in [-0.1, -0.05) is 114 Å². The van der Waals surface area contributed by atoms with Gasteiger partial charge < -0.3 is 25.9 Å². The Kier molecular flexibility index (Phi) is 5.79. The molecule has 0 amide bonds. The summed E-state index contributed by atoms with van der Waals surface area (Å²) in [4.78, 5) is 25.3. The van der Waals surface area contributed by atoms with Gasteiger partial charge in [0.25, 0.3) is 0 Å². The molecule has 0 aromatic heterocycles. The summed E-state index contributed by atoms with van der Waals surface area (Å²) in [6.07, 6.45) is -1.28. The van der Waals surface area contributed by atoms with Gasteiger partial charge in [-0.2, -0.15) is 0 Å². The normalized spacial score (nSPS) is 26.0. The molecule has 0 spiro atoms. The number of fused-ring (bicyclic) bond motifs is 4. The fourth-order valence-electron chi connectivity index (χ4n) is 6.08. The molecule has 0 fully saturated rings. The van der Waals surface area contributed by atoms with Crippen molar-refractivity contribution in [2.24, 2.45) is 25.0 Å². The van der Waals surface area contributed by atoms with Gasteiger partial charge in [-0.15, -0.1) is 6.17 Å². The molecule has 6 aliphatic rings. The molecule has 8 bridgehead atoms. The summed E-state index contributed by atoms with van der Waals surface area (Å²) in [5.74, 6) is 2.51. The van der Waals surface area contributed by atoms with Crippen LogP contribution in [0.3, 0.4) is 0 Å². The van der Waals surface area contributed by atoms with Crippen molar-refractivity contribution in [1.29, 1.82) is 0 Å². The molecule has 10 rings (SSSR count). The molecule has 0 aliphatic carbocycles. The Morgan fingerprint density at radius 2 is 1.10 bits per heavy atom. The van der Waals surface area contributed by atoms with Gasteiger partial charge in [-0.3, -0.25) is 9.98 Å². The summed E-state index contributed by atoms with van der Waals surface area (Å²) >= 11 is 0. The topological polar surface area (TPSA) is 104 Å². The first-order chi connectivity index (χ1) is 20.3. The summed E-state index contributed by atoms with van der Waals surface area (Å²) in [6, 6.07) is 32.6. The fourth-order valence-corrected chi connectivity index (χ4v) is 6.08. The van der Waals surface area contributed by atoms with E-state index in [4.69, 9.17) is 40.9 Å². The van der Waals surface area contributed by atoms with Crippen LogP contribution in [0.15, 0.2) is 122 Å². The molecule has 8 nitrogen and oxygen atoms in total. The minimum Gasteiger partial charge on any atom is -0.631 e.